The van der Waals surface area contributed by atoms with E-state index < -0.39 is 0 Å². The zero-order valence-electron chi connectivity index (χ0n) is 13.0. The van der Waals surface area contributed by atoms with E-state index in [1.807, 2.05) is 6.92 Å². The van der Waals surface area contributed by atoms with E-state index in [9.17, 15) is 0 Å². The van der Waals surface area contributed by atoms with E-state index in [1.165, 1.54) is 22.0 Å². The van der Waals surface area contributed by atoms with Gasteiger partial charge in [0, 0.05) is 37.1 Å². The normalized spacial score (nSPS) is 16.5. The molecule has 0 atom stereocenters. The predicted octanol–water partition coefficient (Wildman–Crippen LogP) is 3.55. The largest absolute Gasteiger partial charge is 0.361 e. The first-order valence-corrected chi connectivity index (χ1v) is 7.83. The van der Waals surface area contributed by atoms with Crippen LogP contribution in [0.3, 0.4) is 0 Å². The maximum Gasteiger partial charge on any atom is 0.266 e. The van der Waals surface area contributed by atoms with Crippen molar-refractivity contribution in [2.75, 3.05) is 18.0 Å². The van der Waals surface area contributed by atoms with E-state index >= 15 is 0 Å². The zero-order chi connectivity index (χ0) is 15.1. The summed E-state index contributed by atoms with van der Waals surface area (Å²) in [6, 6.07) is 6.65. The predicted molar refractivity (Wildman–Crippen MR) is 86.3 cm³/mol. The lowest BCUT2D eigenvalue weighted by molar-refractivity contribution is 0.390. The van der Waals surface area contributed by atoms with E-state index in [1.54, 1.807) is 0 Å². The van der Waals surface area contributed by atoms with Crippen molar-refractivity contribution in [3.63, 3.8) is 0 Å². The molecular formula is C17H20N4O. The fraction of sp³-hybridized carbons (Fsp3) is 0.412. The van der Waals surface area contributed by atoms with Crippen molar-refractivity contribution in [2.24, 2.45) is 0 Å². The fourth-order valence-corrected chi connectivity index (χ4v) is 3.41. The molecule has 5 nitrogen and oxygen atoms in total. The first-order valence-electron chi connectivity index (χ1n) is 7.83. The molecule has 0 amide bonds. The molecule has 0 spiro atoms. The fourth-order valence-electron chi connectivity index (χ4n) is 3.41. The molecule has 0 aliphatic carbocycles. The van der Waals surface area contributed by atoms with Gasteiger partial charge >= 0.3 is 0 Å². The number of aromatic amines is 1. The quantitative estimate of drug-likeness (QED) is 0.785. The van der Waals surface area contributed by atoms with Gasteiger partial charge in [0.25, 0.3) is 5.95 Å². The second-order valence-electron chi connectivity index (χ2n) is 6.17. The Balaban J connectivity index is 1.53. The summed E-state index contributed by atoms with van der Waals surface area (Å²) in [6.07, 6.45) is 4.42. The van der Waals surface area contributed by atoms with Gasteiger partial charge in [0.1, 0.15) is 0 Å². The first-order chi connectivity index (χ1) is 10.7. The number of fused-ring (bicyclic) bond motifs is 1. The van der Waals surface area contributed by atoms with Gasteiger partial charge in [-0.3, -0.25) is 0 Å². The van der Waals surface area contributed by atoms with Crippen molar-refractivity contribution in [2.45, 2.75) is 32.6 Å². The number of hydrogen-bond donors (Lipinski definition) is 1. The highest BCUT2D eigenvalue weighted by Crippen LogP contribution is 2.34. The number of benzene rings is 1. The highest BCUT2D eigenvalue weighted by molar-refractivity contribution is 5.84. The summed E-state index contributed by atoms with van der Waals surface area (Å²) in [4.78, 5) is 9.96. The second-order valence-corrected chi connectivity index (χ2v) is 6.17. The highest BCUT2D eigenvalue weighted by atomic mass is 16.5. The Morgan fingerprint density at radius 1 is 1.23 bits per heavy atom. The van der Waals surface area contributed by atoms with Gasteiger partial charge in [-0.05, 0) is 48.0 Å². The average Bonchev–Trinajstić information content (AvgIpc) is 3.13. The van der Waals surface area contributed by atoms with Crippen molar-refractivity contribution in [3.05, 3.63) is 41.4 Å². The van der Waals surface area contributed by atoms with Crippen LogP contribution in [0.2, 0.25) is 0 Å². The minimum absolute atomic E-state index is 0.598. The monoisotopic (exact) mass is 296 g/mol. The topological polar surface area (TPSA) is 58.0 Å². The van der Waals surface area contributed by atoms with Crippen molar-refractivity contribution >= 4 is 16.9 Å². The molecule has 0 radical (unpaired) electrons. The Hall–Kier alpha value is -2.30. The van der Waals surface area contributed by atoms with Crippen LogP contribution in [-0.2, 0) is 0 Å². The van der Waals surface area contributed by atoms with E-state index in [2.05, 4.69) is 51.3 Å². The molecule has 4 rings (SSSR count). The number of anilines is 1. The van der Waals surface area contributed by atoms with Crippen LogP contribution in [-0.4, -0.2) is 28.2 Å². The summed E-state index contributed by atoms with van der Waals surface area (Å²) in [5.74, 6) is 1.95. The van der Waals surface area contributed by atoms with Gasteiger partial charge in [0.05, 0.1) is 0 Å². The molecule has 3 heterocycles. The van der Waals surface area contributed by atoms with Gasteiger partial charge in [0.2, 0.25) is 5.89 Å². The Bertz CT molecular complexity index is 796. The summed E-state index contributed by atoms with van der Waals surface area (Å²) in [6.45, 7) is 5.91. The van der Waals surface area contributed by atoms with E-state index in [4.69, 9.17) is 4.52 Å². The SMILES string of the molecule is Cc1ccc2c(C3CCN(c4noc(C)n4)CC3)c[nH]c2c1. The number of aromatic nitrogens is 3. The molecule has 114 valence electrons. The van der Waals surface area contributed by atoms with Gasteiger partial charge in [-0.25, -0.2) is 0 Å². The summed E-state index contributed by atoms with van der Waals surface area (Å²) < 4.78 is 5.08. The van der Waals surface area contributed by atoms with Crippen LogP contribution in [0.15, 0.2) is 28.9 Å². The minimum atomic E-state index is 0.598. The molecular weight excluding hydrogens is 276 g/mol. The molecule has 0 bridgehead atoms. The van der Waals surface area contributed by atoms with Crippen molar-refractivity contribution in [3.8, 4) is 0 Å². The van der Waals surface area contributed by atoms with Crippen molar-refractivity contribution in [1.29, 1.82) is 0 Å². The van der Waals surface area contributed by atoms with Gasteiger partial charge in [-0.15, -0.1) is 0 Å². The summed E-state index contributed by atoms with van der Waals surface area (Å²) in [5, 5.41) is 5.38. The van der Waals surface area contributed by atoms with Crippen LogP contribution < -0.4 is 4.90 Å². The van der Waals surface area contributed by atoms with Crippen LogP contribution in [0.4, 0.5) is 5.95 Å². The van der Waals surface area contributed by atoms with Crippen LogP contribution in [0.5, 0.6) is 0 Å². The molecule has 22 heavy (non-hydrogen) atoms. The Morgan fingerprint density at radius 2 is 2.05 bits per heavy atom. The summed E-state index contributed by atoms with van der Waals surface area (Å²) >= 11 is 0. The third kappa shape index (κ3) is 2.26. The lowest BCUT2D eigenvalue weighted by atomic mass is 9.89. The molecule has 1 aromatic carbocycles. The molecule has 1 aliphatic rings. The van der Waals surface area contributed by atoms with Crippen molar-refractivity contribution in [1.82, 2.24) is 15.1 Å². The van der Waals surface area contributed by atoms with Crippen LogP contribution >= 0.6 is 0 Å². The molecule has 2 aromatic heterocycles. The molecule has 1 fully saturated rings. The number of H-pyrrole nitrogens is 1. The van der Waals surface area contributed by atoms with E-state index in [0.29, 0.717) is 11.8 Å². The molecule has 3 aromatic rings. The van der Waals surface area contributed by atoms with Crippen LogP contribution in [0.1, 0.15) is 35.8 Å². The van der Waals surface area contributed by atoms with Crippen LogP contribution in [0, 0.1) is 13.8 Å². The lowest BCUT2D eigenvalue weighted by Gasteiger charge is -2.30. The van der Waals surface area contributed by atoms with Gasteiger partial charge < -0.3 is 14.4 Å². The number of aryl methyl sites for hydroxylation is 2. The number of hydrogen-bond acceptors (Lipinski definition) is 4. The maximum absolute atomic E-state index is 5.08. The smallest absolute Gasteiger partial charge is 0.266 e. The lowest BCUT2D eigenvalue weighted by Crippen LogP contribution is -2.33. The molecule has 1 aliphatic heterocycles. The third-order valence-electron chi connectivity index (χ3n) is 4.60. The van der Waals surface area contributed by atoms with E-state index in [0.717, 1.165) is 31.9 Å². The number of piperidine rings is 1. The second kappa shape index (κ2) is 5.16. The van der Waals surface area contributed by atoms with Crippen LogP contribution in [0.25, 0.3) is 10.9 Å². The van der Waals surface area contributed by atoms with E-state index in [-0.39, 0.29) is 0 Å². The Labute approximate surface area is 129 Å². The Kier molecular flexibility index (Phi) is 3.13. The summed E-state index contributed by atoms with van der Waals surface area (Å²) in [7, 11) is 0. The van der Waals surface area contributed by atoms with Crippen molar-refractivity contribution < 1.29 is 4.52 Å². The zero-order valence-corrected chi connectivity index (χ0v) is 13.0. The highest BCUT2D eigenvalue weighted by Gasteiger charge is 2.24. The summed E-state index contributed by atoms with van der Waals surface area (Å²) in [5.41, 5.74) is 3.98. The number of rotatable bonds is 2. The first kappa shape index (κ1) is 13.4. The maximum atomic E-state index is 5.08. The average molecular weight is 296 g/mol. The molecule has 0 unspecified atom stereocenters. The third-order valence-corrected chi connectivity index (χ3v) is 4.60. The van der Waals surface area contributed by atoms with Gasteiger partial charge in [-0.1, -0.05) is 12.1 Å². The standard InChI is InChI=1S/C17H20N4O/c1-11-3-4-14-15(10-18-16(14)9-11)13-5-7-21(8-6-13)17-19-12(2)22-20-17/h3-4,9-10,13,18H,5-8H2,1-2H3. The molecule has 0 saturated carbocycles. The number of nitrogens with zero attached hydrogens (tertiary/aromatic N) is 3. The van der Waals surface area contributed by atoms with Gasteiger partial charge in [-0.2, -0.15) is 4.98 Å². The Morgan fingerprint density at radius 3 is 2.77 bits per heavy atom. The number of nitrogens with one attached hydrogen (secondary N) is 1. The van der Waals surface area contributed by atoms with Gasteiger partial charge in [0.15, 0.2) is 0 Å². The minimum Gasteiger partial charge on any atom is -0.361 e. The molecule has 1 saturated heterocycles. The molecule has 1 N–H and O–H groups in total. The molecule has 5 heteroatoms.